The molecule has 4 heteroatoms. The molecule has 0 atom stereocenters. The number of carbonyl (C=O) groups is 2. The molecule has 0 amide bonds. The van der Waals surface area contributed by atoms with Crippen LogP contribution in [-0.2, 0) is 9.59 Å². The Morgan fingerprint density at radius 3 is 2.54 bits per heavy atom. The first-order chi connectivity index (χ1) is 11.5. The summed E-state index contributed by atoms with van der Waals surface area (Å²) >= 11 is 0. The third kappa shape index (κ3) is 4.68. The predicted octanol–water partition coefficient (Wildman–Crippen LogP) is 4.08. The van der Waals surface area contributed by atoms with Crippen LogP contribution < -0.4 is 4.74 Å². The number of carbonyl (C=O) groups excluding carboxylic acids is 1. The number of hydrogen-bond acceptors (Lipinski definition) is 3. The molecule has 1 aliphatic carbocycles. The van der Waals surface area contributed by atoms with Crippen molar-refractivity contribution >= 4 is 17.5 Å². The molecule has 0 unspecified atom stereocenters. The maximum absolute atomic E-state index is 11.0. The lowest BCUT2D eigenvalue weighted by molar-refractivity contribution is -0.133. The number of carboxylic acids is 1. The fourth-order valence-electron chi connectivity index (χ4n) is 2.23. The minimum Gasteiger partial charge on any atom is -0.478 e. The van der Waals surface area contributed by atoms with Gasteiger partial charge in [0.05, 0.1) is 5.57 Å². The van der Waals surface area contributed by atoms with Gasteiger partial charge in [-0.25, -0.2) is 4.79 Å². The smallest absolute Gasteiger partial charge is 0.335 e. The van der Waals surface area contributed by atoms with Crippen LogP contribution in [0.4, 0.5) is 0 Å². The van der Waals surface area contributed by atoms with Crippen molar-refractivity contribution < 1.29 is 19.4 Å². The molecular formula is C20H18O4. The Balaban J connectivity index is 2.22. The maximum Gasteiger partial charge on any atom is 0.335 e. The van der Waals surface area contributed by atoms with Crippen LogP contribution in [-0.4, -0.2) is 17.0 Å². The van der Waals surface area contributed by atoms with Crippen molar-refractivity contribution in [3.05, 3.63) is 84.0 Å². The quantitative estimate of drug-likeness (QED) is 0.384. The maximum atomic E-state index is 11.0. The fraction of sp³-hybridized carbons (Fsp3) is 0.100. The van der Waals surface area contributed by atoms with Gasteiger partial charge in [-0.2, -0.15) is 0 Å². The van der Waals surface area contributed by atoms with E-state index in [1.54, 1.807) is 24.3 Å². The van der Waals surface area contributed by atoms with Gasteiger partial charge in [0.1, 0.15) is 5.75 Å². The molecule has 24 heavy (non-hydrogen) atoms. The lowest BCUT2D eigenvalue weighted by atomic mass is 9.96. The summed E-state index contributed by atoms with van der Waals surface area (Å²) in [7, 11) is 0. The molecular weight excluding hydrogens is 304 g/mol. The zero-order valence-electron chi connectivity index (χ0n) is 13.4. The summed E-state index contributed by atoms with van der Waals surface area (Å²) in [5.41, 5.74) is 3.14. The third-order valence-corrected chi connectivity index (χ3v) is 3.38. The number of benzene rings is 1. The summed E-state index contributed by atoms with van der Waals surface area (Å²) in [5, 5.41) is 8.99. The second kappa shape index (κ2) is 7.92. The Kier molecular flexibility index (Phi) is 5.68. The Bertz CT molecular complexity index is 774. The summed E-state index contributed by atoms with van der Waals surface area (Å²) in [6, 6.07) is 7.23. The number of hydrogen-bond donors (Lipinski definition) is 1. The van der Waals surface area contributed by atoms with Crippen LogP contribution in [0.3, 0.4) is 0 Å². The van der Waals surface area contributed by atoms with Gasteiger partial charge >= 0.3 is 11.9 Å². The van der Waals surface area contributed by atoms with E-state index in [0.29, 0.717) is 5.75 Å². The third-order valence-electron chi connectivity index (χ3n) is 3.38. The van der Waals surface area contributed by atoms with E-state index >= 15 is 0 Å². The standard InChI is InChI=1S/C20H18O4/c1-3-16(20(22)23)8-7-15-5-4-6-18(13-15)17-9-11-19(12-10-17)24-14(2)21/h3-4,6-13H,1,5H2,2H3,(H,22,23)/b15-7+,16-8+. The number of rotatable bonds is 5. The van der Waals surface area contributed by atoms with Gasteiger partial charge in [-0.1, -0.05) is 49.1 Å². The van der Waals surface area contributed by atoms with Crippen LogP contribution in [0.15, 0.2) is 78.4 Å². The molecule has 2 rings (SSSR count). The van der Waals surface area contributed by atoms with E-state index < -0.39 is 5.97 Å². The van der Waals surface area contributed by atoms with Crippen molar-refractivity contribution in [1.82, 2.24) is 0 Å². The monoisotopic (exact) mass is 322 g/mol. The van der Waals surface area contributed by atoms with Gasteiger partial charge in [0.2, 0.25) is 0 Å². The Morgan fingerprint density at radius 1 is 1.25 bits per heavy atom. The topological polar surface area (TPSA) is 63.6 Å². The average Bonchev–Trinajstić information content (AvgIpc) is 2.55. The van der Waals surface area contributed by atoms with Crippen LogP contribution in [0, 0.1) is 0 Å². The van der Waals surface area contributed by atoms with Crippen molar-refractivity contribution in [1.29, 1.82) is 0 Å². The first-order valence-electron chi connectivity index (χ1n) is 7.43. The van der Waals surface area contributed by atoms with Gasteiger partial charge in [0.15, 0.2) is 0 Å². The molecule has 0 bridgehead atoms. The predicted molar refractivity (Wildman–Crippen MR) is 93.5 cm³/mol. The highest BCUT2D eigenvalue weighted by molar-refractivity contribution is 5.90. The van der Waals surface area contributed by atoms with Gasteiger partial charge < -0.3 is 9.84 Å². The number of esters is 1. The van der Waals surface area contributed by atoms with E-state index in [1.807, 2.05) is 30.4 Å². The zero-order valence-corrected chi connectivity index (χ0v) is 13.4. The molecule has 122 valence electrons. The van der Waals surface area contributed by atoms with Crippen molar-refractivity contribution in [3.8, 4) is 5.75 Å². The van der Waals surface area contributed by atoms with Gasteiger partial charge in [0.25, 0.3) is 0 Å². The molecule has 0 aliphatic heterocycles. The molecule has 1 aromatic carbocycles. The lowest BCUT2D eigenvalue weighted by Crippen LogP contribution is -2.01. The lowest BCUT2D eigenvalue weighted by Gasteiger charge is -2.10. The van der Waals surface area contributed by atoms with E-state index in [1.165, 1.54) is 13.0 Å². The van der Waals surface area contributed by atoms with Crippen LogP contribution in [0.2, 0.25) is 0 Å². The molecule has 4 nitrogen and oxygen atoms in total. The summed E-state index contributed by atoms with van der Waals surface area (Å²) in [6.45, 7) is 4.85. The van der Waals surface area contributed by atoms with Gasteiger partial charge in [-0.3, -0.25) is 4.79 Å². The van der Waals surface area contributed by atoms with E-state index in [0.717, 1.165) is 23.1 Å². The van der Waals surface area contributed by atoms with Crippen LogP contribution in [0.5, 0.6) is 5.75 Å². The SMILES string of the molecule is C=C/C(=C\C=C1\C=C(c2ccc(OC(C)=O)cc2)C=CC1)C(=O)O. The average molecular weight is 322 g/mol. The van der Waals surface area contributed by atoms with Gasteiger partial charge in [-0.15, -0.1) is 0 Å². The van der Waals surface area contributed by atoms with E-state index in [2.05, 4.69) is 6.58 Å². The van der Waals surface area contributed by atoms with Crippen molar-refractivity contribution in [2.75, 3.05) is 0 Å². The minimum atomic E-state index is -1.00. The summed E-state index contributed by atoms with van der Waals surface area (Å²) < 4.78 is 5.02. The van der Waals surface area contributed by atoms with Gasteiger partial charge in [-0.05, 0) is 41.3 Å². The highest BCUT2D eigenvalue weighted by atomic mass is 16.5. The summed E-state index contributed by atoms with van der Waals surface area (Å²) in [6.07, 6.45) is 11.4. The normalized spacial score (nSPS) is 15.8. The Morgan fingerprint density at radius 2 is 1.96 bits per heavy atom. The van der Waals surface area contributed by atoms with E-state index in [4.69, 9.17) is 9.84 Å². The summed E-state index contributed by atoms with van der Waals surface area (Å²) in [4.78, 5) is 21.9. The molecule has 0 radical (unpaired) electrons. The number of aliphatic carboxylic acids is 1. The molecule has 0 heterocycles. The highest BCUT2D eigenvalue weighted by Gasteiger charge is 2.06. The number of ether oxygens (including phenoxy) is 1. The van der Waals surface area contributed by atoms with Crippen molar-refractivity contribution in [2.45, 2.75) is 13.3 Å². The molecule has 1 N–H and O–H groups in total. The first-order valence-corrected chi connectivity index (χ1v) is 7.43. The first kappa shape index (κ1) is 17.2. The Hall–Kier alpha value is -3.14. The minimum absolute atomic E-state index is 0.151. The highest BCUT2D eigenvalue weighted by Crippen LogP contribution is 2.26. The molecule has 1 aromatic rings. The second-order valence-electron chi connectivity index (χ2n) is 5.20. The Labute approximate surface area is 140 Å². The molecule has 0 saturated carbocycles. The van der Waals surface area contributed by atoms with Crippen LogP contribution >= 0.6 is 0 Å². The summed E-state index contributed by atoms with van der Waals surface area (Å²) in [5.74, 6) is -0.853. The molecule has 0 saturated heterocycles. The van der Waals surface area contributed by atoms with E-state index in [9.17, 15) is 9.59 Å². The second-order valence-corrected chi connectivity index (χ2v) is 5.20. The number of allylic oxidation sites excluding steroid dienone is 7. The van der Waals surface area contributed by atoms with Gasteiger partial charge in [0, 0.05) is 6.92 Å². The fourth-order valence-corrected chi connectivity index (χ4v) is 2.23. The zero-order chi connectivity index (χ0) is 17.5. The van der Waals surface area contributed by atoms with Crippen LogP contribution in [0.25, 0.3) is 5.57 Å². The van der Waals surface area contributed by atoms with E-state index in [-0.39, 0.29) is 11.5 Å². The van der Waals surface area contributed by atoms with Crippen molar-refractivity contribution in [3.63, 3.8) is 0 Å². The molecule has 0 fully saturated rings. The molecule has 0 aromatic heterocycles. The number of carboxylic acid groups (broad SMARTS) is 1. The molecule has 0 spiro atoms. The largest absolute Gasteiger partial charge is 0.478 e. The van der Waals surface area contributed by atoms with Crippen LogP contribution in [0.1, 0.15) is 18.9 Å². The van der Waals surface area contributed by atoms with Crippen molar-refractivity contribution in [2.24, 2.45) is 0 Å². The molecule has 1 aliphatic rings.